The molecule has 23 heavy (non-hydrogen) atoms. The van der Waals surface area contributed by atoms with Crippen LogP contribution >= 0.6 is 24.8 Å². The van der Waals surface area contributed by atoms with Gasteiger partial charge in [0.2, 0.25) is 0 Å². The first-order chi connectivity index (χ1) is 10.1. The lowest BCUT2D eigenvalue weighted by Crippen LogP contribution is -2.49. The molecule has 0 bridgehead atoms. The quantitative estimate of drug-likeness (QED) is 0.878. The SMILES string of the molecule is Cl.Cl.FC(F)(F)[C@@H](c1ccc2ccccc2n1)N1CCNCC1. The van der Waals surface area contributed by atoms with Crippen LogP contribution in [-0.2, 0) is 0 Å². The maximum Gasteiger partial charge on any atom is 0.409 e. The molecule has 1 aliphatic heterocycles. The minimum absolute atomic E-state index is 0. The van der Waals surface area contributed by atoms with Gasteiger partial charge in [-0.3, -0.25) is 9.88 Å². The van der Waals surface area contributed by atoms with E-state index in [0.717, 1.165) is 5.39 Å². The zero-order chi connectivity index (χ0) is 14.9. The standard InChI is InChI=1S/C15H16F3N3.2ClH/c16-15(17,18)14(21-9-7-19-8-10-21)13-6-5-11-3-1-2-4-12(11)20-13;;/h1-6,14,19H,7-10H2;2*1H/t14-;;/m1../s1. The Morgan fingerprint density at radius 3 is 2.30 bits per heavy atom. The first-order valence-corrected chi connectivity index (χ1v) is 6.93. The van der Waals surface area contributed by atoms with Crippen LogP contribution in [0.3, 0.4) is 0 Å². The van der Waals surface area contributed by atoms with Gasteiger partial charge in [0.25, 0.3) is 0 Å². The maximum absolute atomic E-state index is 13.5. The fraction of sp³-hybridized carbons (Fsp3) is 0.400. The second-order valence-electron chi connectivity index (χ2n) is 5.16. The number of benzene rings is 1. The van der Waals surface area contributed by atoms with Crippen molar-refractivity contribution >= 4 is 35.7 Å². The molecule has 1 fully saturated rings. The fourth-order valence-electron chi connectivity index (χ4n) is 2.74. The van der Waals surface area contributed by atoms with Gasteiger partial charge >= 0.3 is 6.18 Å². The molecule has 128 valence electrons. The summed E-state index contributed by atoms with van der Waals surface area (Å²) in [5, 5.41) is 3.92. The van der Waals surface area contributed by atoms with E-state index < -0.39 is 12.2 Å². The van der Waals surface area contributed by atoms with Gasteiger partial charge in [0.1, 0.15) is 6.04 Å². The van der Waals surface area contributed by atoms with E-state index in [9.17, 15) is 13.2 Å². The number of alkyl halides is 3. The molecule has 0 radical (unpaired) electrons. The number of pyridine rings is 1. The second-order valence-corrected chi connectivity index (χ2v) is 5.16. The normalized spacial score (nSPS) is 17.2. The molecule has 0 saturated carbocycles. The van der Waals surface area contributed by atoms with Crippen molar-refractivity contribution in [1.29, 1.82) is 0 Å². The van der Waals surface area contributed by atoms with Gasteiger partial charge in [-0.25, -0.2) is 0 Å². The van der Waals surface area contributed by atoms with E-state index in [1.54, 1.807) is 18.2 Å². The molecule has 1 N–H and O–H groups in total. The van der Waals surface area contributed by atoms with E-state index in [0.29, 0.717) is 31.7 Å². The van der Waals surface area contributed by atoms with E-state index in [2.05, 4.69) is 10.3 Å². The summed E-state index contributed by atoms with van der Waals surface area (Å²) in [5.41, 5.74) is 0.669. The predicted molar refractivity (Wildman–Crippen MR) is 89.5 cm³/mol. The van der Waals surface area contributed by atoms with Crippen molar-refractivity contribution in [3.63, 3.8) is 0 Å². The summed E-state index contributed by atoms with van der Waals surface area (Å²) in [5.74, 6) is 0. The topological polar surface area (TPSA) is 28.2 Å². The monoisotopic (exact) mass is 367 g/mol. The van der Waals surface area contributed by atoms with E-state index in [1.807, 2.05) is 12.1 Å². The summed E-state index contributed by atoms with van der Waals surface area (Å²) in [6.45, 7) is 1.89. The van der Waals surface area contributed by atoms with Crippen LogP contribution in [0.4, 0.5) is 13.2 Å². The Hall–Kier alpha value is -1.08. The third-order valence-electron chi connectivity index (χ3n) is 3.73. The van der Waals surface area contributed by atoms with Crippen LogP contribution in [-0.4, -0.2) is 42.2 Å². The molecular weight excluding hydrogens is 350 g/mol. The lowest BCUT2D eigenvalue weighted by Gasteiger charge is -2.35. The lowest BCUT2D eigenvalue weighted by molar-refractivity contribution is -0.188. The zero-order valence-corrected chi connectivity index (χ0v) is 13.8. The van der Waals surface area contributed by atoms with Crippen molar-refractivity contribution in [3.8, 4) is 0 Å². The van der Waals surface area contributed by atoms with Crippen molar-refractivity contribution in [2.24, 2.45) is 0 Å². The van der Waals surface area contributed by atoms with Crippen molar-refractivity contribution < 1.29 is 13.2 Å². The first kappa shape index (κ1) is 20.0. The molecule has 2 aromatic rings. The summed E-state index contributed by atoms with van der Waals surface area (Å²) in [6.07, 6.45) is -4.33. The molecule has 2 heterocycles. The number of aromatic nitrogens is 1. The molecule has 1 aliphatic rings. The van der Waals surface area contributed by atoms with Crippen LogP contribution in [0.2, 0.25) is 0 Å². The number of piperazine rings is 1. The van der Waals surface area contributed by atoms with E-state index in [1.165, 1.54) is 11.0 Å². The van der Waals surface area contributed by atoms with Crippen LogP contribution in [0, 0.1) is 0 Å². The van der Waals surface area contributed by atoms with Gasteiger partial charge in [0, 0.05) is 31.6 Å². The molecule has 0 unspecified atom stereocenters. The number of fused-ring (bicyclic) bond motifs is 1. The number of hydrogen-bond donors (Lipinski definition) is 1. The fourth-order valence-corrected chi connectivity index (χ4v) is 2.74. The number of nitrogens with one attached hydrogen (secondary N) is 1. The average molecular weight is 368 g/mol. The summed E-state index contributed by atoms with van der Waals surface area (Å²) >= 11 is 0. The summed E-state index contributed by atoms with van der Waals surface area (Å²) < 4.78 is 40.5. The Morgan fingerprint density at radius 1 is 1.00 bits per heavy atom. The summed E-state index contributed by atoms with van der Waals surface area (Å²) in [6, 6.07) is 8.78. The van der Waals surface area contributed by atoms with E-state index >= 15 is 0 Å². The molecule has 0 spiro atoms. The van der Waals surface area contributed by atoms with Crippen LogP contribution in [0.25, 0.3) is 10.9 Å². The molecule has 1 atom stereocenters. The van der Waals surface area contributed by atoms with Gasteiger partial charge in [-0.2, -0.15) is 13.2 Å². The highest BCUT2D eigenvalue weighted by atomic mass is 35.5. The Bertz CT molecular complexity index is 631. The second kappa shape index (κ2) is 8.15. The maximum atomic E-state index is 13.5. The van der Waals surface area contributed by atoms with Gasteiger partial charge in [-0.05, 0) is 12.1 Å². The highest BCUT2D eigenvalue weighted by Crippen LogP contribution is 2.37. The van der Waals surface area contributed by atoms with Gasteiger partial charge in [-0.15, -0.1) is 24.8 Å². The minimum Gasteiger partial charge on any atom is -0.314 e. The predicted octanol–water partition coefficient (Wildman–Crippen LogP) is 3.59. The summed E-state index contributed by atoms with van der Waals surface area (Å²) in [4.78, 5) is 5.69. The van der Waals surface area contributed by atoms with Crippen molar-refractivity contribution in [3.05, 3.63) is 42.1 Å². The molecule has 3 nitrogen and oxygen atoms in total. The molecule has 0 aliphatic carbocycles. The first-order valence-electron chi connectivity index (χ1n) is 6.93. The molecule has 1 aromatic carbocycles. The zero-order valence-electron chi connectivity index (χ0n) is 12.2. The number of rotatable bonds is 2. The van der Waals surface area contributed by atoms with Crippen LogP contribution in [0.5, 0.6) is 0 Å². The smallest absolute Gasteiger partial charge is 0.314 e. The third kappa shape index (κ3) is 4.47. The number of nitrogens with zero attached hydrogens (tertiary/aromatic N) is 2. The largest absolute Gasteiger partial charge is 0.409 e. The van der Waals surface area contributed by atoms with Crippen LogP contribution in [0.1, 0.15) is 11.7 Å². The Balaban J connectivity index is 0.00000132. The summed E-state index contributed by atoms with van der Waals surface area (Å²) in [7, 11) is 0. The Labute approximate surface area is 145 Å². The van der Waals surface area contributed by atoms with Crippen molar-refractivity contribution in [2.75, 3.05) is 26.2 Å². The molecule has 8 heteroatoms. The molecule has 3 rings (SSSR count). The highest BCUT2D eigenvalue weighted by Gasteiger charge is 2.45. The Morgan fingerprint density at radius 2 is 1.65 bits per heavy atom. The van der Waals surface area contributed by atoms with E-state index in [4.69, 9.17) is 0 Å². The van der Waals surface area contributed by atoms with Crippen molar-refractivity contribution in [2.45, 2.75) is 12.2 Å². The Kier molecular flexibility index (Phi) is 7.07. The van der Waals surface area contributed by atoms with E-state index in [-0.39, 0.29) is 30.5 Å². The van der Waals surface area contributed by atoms with Crippen LogP contribution < -0.4 is 5.32 Å². The molecular formula is C15H18Cl2F3N3. The molecule has 1 saturated heterocycles. The van der Waals surface area contributed by atoms with Gasteiger partial charge in [0.15, 0.2) is 0 Å². The van der Waals surface area contributed by atoms with Gasteiger partial charge in [-0.1, -0.05) is 24.3 Å². The van der Waals surface area contributed by atoms with Crippen LogP contribution in [0.15, 0.2) is 36.4 Å². The molecule has 1 aromatic heterocycles. The van der Waals surface area contributed by atoms with Gasteiger partial charge < -0.3 is 5.32 Å². The lowest BCUT2D eigenvalue weighted by atomic mass is 10.1. The highest BCUT2D eigenvalue weighted by molar-refractivity contribution is 5.85. The number of hydrogen-bond acceptors (Lipinski definition) is 3. The minimum atomic E-state index is -4.33. The van der Waals surface area contributed by atoms with Gasteiger partial charge in [0.05, 0.1) is 11.2 Å². The number of halogens is 5. The van der Waals surface area contributed by atoms with Crippen molar-refractivity contribution in [1.82, 2.24) is 15.2 Å². The third-order valence-corrected chi connectivity index (χ3v) is 3.73. The number of para-hydroxylation sites is 1. The average Bonchev–Trinajstić information content (AvgIpc) is 2.47. The molecule has 0 amide bonds.